The average molecular weight is 258 g/mol. The van der Waals surface area contributed by atoms with E-state index in [1.807, 2.05) is 13.8 Å². The molecule has 18 heavy (non-hydrogen) atoms. The van der Waals surface area contributed by atoms with Crippen LogP contribution in [0.2, 0.25) is 0 Å². The summed E-state index contributed by atoms with van der Waals surface area (Å²) >= 11 is 0. The molecule has 0 aliphatic heterocycles. The Morgan fingerprint density at radius 2 is 2.22 bits per heavy atom. The molecule has 0 aromatic heterocycles. The molecular weight excluding hydrogens is 236 g/mol. The first-order valence-electron chi connectivity index (χ1n) is 5.97. The summed E-state index contributed by atoms with van der Waals surface area (Å²) in [6.07, 6.45) is 0. The molecule has 0 fully saturated rings. The third-order valence-corrected chi connectivity index (χ3v) is 2.71. The first-order chi connectivity index (χ1) is 8.55. The Morgan fingerprint density at radius 1 is 1.56 bits per heavy atom. The van der Waals surface area contributed by atoms with Gasteiger partial charge in [0.15, 0.2) is 0 Å². The molecule has 0 saturated carbocycles. The SMILES string of the molecule is CCOC(=O)C(COC)(NCCN=[N+]=[N-])C(C)C. The summed E-state index contributed by atoms with van der Waals surface area (Å²) in [4.78, 5) is 14.8. The number of hydrogen-bond acceptors (Lipinski definition) is 5. The van der Waals surface area contributed by atoms with E-state index in [1.165, 1.54) is 7.11 Å². The van der Waals surface area contributed by atoms with E-state index in [9.17, 15) is 4.79 Å². The zero-order valence-corrected chi connectivity index (χ0v) is 11.5. The van der Waals surface area contributed by atoms with Crippen LogP contribution in [0.4, 0.5) is 0 Å². The maximum atomic E-state index is 12.1. The summed E-state index contributed by atoms with van der Waals surface area (Å²) in [7, 11) is 1.53. The van der Waals surface area contributed by atoms with E-state index in [1.54, 1.807) is 6.92 Å². The predicted molar refractivity (Wildman–Crippen MR) is 68.1 cm³/mol. The van der Waals surface area contributed by atoms with Gasteiger partial charge in [-0.2, -0.15) is 0 Å². The normalized spacial score (nSPS) is 13.8. The molecular formula is C11H22N4O3. The molecule has 7 heteroatoms. The largest absolute Gasteiger partial charge is 0.465 e. The summed E-state index contributed by atoms with van der Waals surface area (Å²) in [5.41, 5.74) is 7.31. The van der Waals surface area contributed by atoms with Crippen LogP contribution in [0, 0.1) is 5.92 Å². The fourth-order valence-corrected chi connectivity index (χ4v) is 1.65. The van der Waals surface area contributed by atoms with Crippen molar-refractivity contribution in [2.45, 2.75) is 26.3 Å². The van der Waals surface area contributed by atoms with Crippen molar-refractivity contribution in [2.75, 3.05) is 33.4 Å². The molecule has 7 nitrogen and oxygen atoms in total. The molecule has 104 valence electrons. The van der Waals surface area contributed by atoms with Gasteiger partial charge < -0.3 is 9.47 Å². The molecule has 1 N–H and O–H groups in total. The van der Waals surface area contributed by atoms with Crippen LogP contribution >= 0.6 is 0 Å². The Hall–Kier alpha value is -1.30. The lowest BCUT2D eigenvalue weighted by atomic mass is 9.87. The van der Waals surface area contributed by atoms with Crippen LogP contribution in [0.1, 0.15) is 20.8 Å². The van der Waals surface area contributed by atoms with Gasteiger partial charge in [0.25, 0.3) is 0 Å². The molecule has 0 radical (unpaired) electrons. The molecule has 0 rings (SSSR count). The van der Waals surface area contributed by atoms with Crippen LogP contribution in [0.15, 0.2) is 5.11 Å². The van der Waals surface area contributed by atoms with Gasteiger partial charge in [-0.15, -0.1) is 0 Å². The third kappa shape index (κ3) is 4.52. The van der Waals surface area contributed by atoms with Gasteiger partial charge >= 0.3 is 5.97 Å². The van der Waals surface area contributed by atoms with E-state index in [2.05, 4.69) is 15.3 Å². The Balaban J connectivity index is 4.84. The Labute approximate surface area is 107 Å². The molecule has 0 aromatic carbocycles. The fourth-order valence-electron chi connectivity index (χ4n) is 1.65. The zero-order chi connectivity index (χ0) is 14.0. The van der Waals surface area contributed by atoms with E-state index in [0.29, 0.717) is 13.2 Å². The van der Waals surface area contributed by atoms with E-state index in [0.717, 1.165) is 0 Å². The maximum absolute atomic E-state index is 12.1. The third-order valence-electron chi connectivity index (χ3n) is 2.71. The highest BCUT2D eigenvalue weighted by atomic mass is 16.5. The highest BCUT2D eigenvalue weighted by molar-refractivity contribution is 5.81. The predicted octanol–water partition coefficient (Wildman–Crippen LogP) is 1.49. The molecule has 0 amide bonds. The monoisotopic (exact) mass is 258 g/mol. The molecule has 0 aliphatic rings. The topological polar surface area (TPSA) is 96.3 Å². The highest BCUT2D eigenvalue weighted by Crippen LogP contribution is 2.19. The number of ether oxygens (including phenoxy) is 2. The second kappa shape index (κ2) is 8.74. The van der Waals surface area contributed by atoms with Gasteiger partial charge in [0.1, 0.15) is 5.54 Å². The smallest absolute Gasteiger partial charge is 0.329 e. The Morgan fingerprint density at radius 3 is 2.67 bits per heavy atom. The highest BCUT2D eigenvalue weighted by Gasteiger charge is 2.42. The minimum atomic E-state index is -0.907. The van der Waals surface area contributed by atoms with E-state index in [-0.39, 0.29) is 25.0 Å². The quantitative estimate of drug-likeness (QED) is 0.223. The molecule has 1 atom stereocenters. The van der Waals surface area contributed by atoms with Gasteiger partial charge in [0.05, 0.1) is 13.2 Å². The number of carbonyl (C=O) groups is 1. The Kier molecular flexibility index (Phi) is 8.11. The van der Waals surface area contributed by atoms with Crippen LogP contribution in [0.3, 0.4) is 0 Å². The first kappa shape index (κ1) is 16.7. The lowest BCUT2D eigenvalue weighted by Crippen LogP contribution is -2.60. The van der Waals surface area contributed by atoms with Crippen molar-refractivity contribution in [3.8, 4) is 0 Å². The standard InChI is InChI=1S/C11H22N4O3/c1-5-18-10(16)11(8-17-4,9(2)3)13-6-7-14-15-12/h9,13H,5-8H2,1-4H3. The number of methoxy groups -OCH3 is 1. The number of hydrogen-bond donors (Lipinski definition) is 1. The van der Waals surface area contributed by atoms with Crippen molar-refractivity contribution in [3.05, 3.63) is 10.4 Å². The van der Waals surface area contributed by atoms with E-state index < -0.39 is 5.54 Å². The number of rotatable bonds is 9. The summed E-state index contributed by atoms with van der Waals surface area (Å²) in [6, 6.07) is 0. The molecule has 1 unspecified atom stereocenters. The maximum Gasteiger partial charge on any atom is 0.329 e. The molecule has 0 spiro atoms. The lowest BCUT2D eigenvalue weighted by Gasteiger charge is -2.35. The van der Waals surface area contributed by atoms with E-state index >= 15 is 0 Å². The minimum absolute atomic E-state index is 0.0115. The van der Waals surface area contributed by atoms with Crippen molar-refractivity contribution in [1.29, 1.82) is 0 Å². The number of nitrogens with zero attached hydrogens (tertiary/aromatic N) is 3. The number of nitrogens with one attached hydrogen (secondary N) is 1. The van der Waals surface area contributed by atoms with Crippen molar-refractivity contribution >= 4 is 5.97 Å². The van der Waals surface area contributed by atoms with Crippen LogP contribution in [-0.2, 0) is 14.3 Å². The molecule has 0 aliphatic carbocycles. The number of carbonyl (C=O) groups excluding carboxylic acids is 1. The lowest BCUT2D eigenvalue weighted by molar-refractivity contribution is -0.156. The molecule has 0 bridgehead atoms. The van der Waals surface area contributed by atoms with Crippen molar-refractivity contribution in [3.63, 3.8) is 0 Å². The van der Waals surface area contributed by atoms with E-state index in [4.69, 9.17) is 15.0 Å². The first-order valence-corrected chi connectivity index (χ1v) is 5.97. The van der Waals surface area contributed by atoms with Gasteiger partial charge in [-0.3, -0.25) is 5.32 Å². The summed E-state index contributed by atoms with van der Waals surface area (Å²) < 4.78 is 10.2. The second-order valence-corrected chi connectivity index (χ2v) is 4.16. The summed E-state index contributed by atoms with van der Waals surface area (Å²) in [6.45, 7) is 6.77. The Bertz CT molecular complexity index is 303. The number of esters is 1. The van der Waals surface area contributed by atoms with Crippen molar-refractivity contribution in [2.24, 2.45) is 11.0 Å². The fraction of sp³-hybridized carbons (Fsp3) is 0.909. The molecule has 0 aromatic rings. The van der Waals surface area contributed by atoms with Crippen molar-refractivity contribution in [1.82, 2.24) is 5.32 Å². The van der Waals surface area contributed by atoms with Gasteiger partial charge in [-0.1, -0.05) is 19.0 Å². The number of azide groups is 1. The second-order valence-electron chi connectivity index (χ2n) is 4.16. The molecule has 0 heterocycles. The average Bonchev–Trinajstić information content (AvgIpc) is 2.33. The summed E-state index contributed by atoms with van der Waals surface area (Å²) in [5, 5.41) is 6.51. The van der Waals surface area contributed by atoms with Gasteiger partial charge in [0.2, 0.25) is 0 Å². The molecule has 0 saturated heterocycles. The van der Waals surface area contributed by atoms with Crippen LogP contribution in [-0.4, -0.2) is 44.9 Å². The van der Waals surface area contributed by atoms with Crippen LogP contribution < -0.4 is 5.32 Å². The minimum Gasteiger partial charge on any atom is -0.465 e. The van der Waals surface area contributed by atoms with Crippen LogP contribution in [0.5, 0.6) is 0 Å². The van der Waals surface area contributed by atoms with Gasteiger partial charge in [0, 0.05) is 25.1 Å². The van der Waals surface area contributed by atoms with Gasteiger partial charge in [-0.25, -0.2) is 4.79 Å². The van der Waals surface area contributed by atoms with Gasteiger partial charge in [-0.05, 0) is 18.4 Å². The van der Waals surface area contributed by atoms with Crippen molar-refractivity contribution < 1.29 is 14.3 Å². The zero-order valence-electron chi connectivity index (χ0n) is 11.5. The summed E-state index contributed by atoms with van der Waals surface area (Å²) in [5.74, 6) is -0.356. The van der Waals surface area contributed by atoms with Crippen LogP contribution in [0.25, 0.3) is 10.4 Å².